The van der Waals surface area contributed by atoms with Gasteiger partial charge in [-0.2, -0.15) is 0 Å². The molecule has 0 saturated heterocycles. The van der Waals surface area contributed by atoms with Gasteiger partial charge in [0.25, 0.3) is 0 Å². The van der Waals surface area contributed by atoms with E-state index in [2.05, 4.69) is 27.1 Å². The predicted molar refractivity (Wildman–Crippen MR) is 176 cm³/mol. The van der Waals surface area contributed by atoms with Gasteiger partial charge in [-0.05, 0) is 58.9 Å². The predicted octanol–water partition coefficient (Wildman–Crippen LogP) is 6.09. The molecule has 3 aromatic carbocycles. The van der Waals surface area contributed by atoms with Gasteiger partial charge < -0.3 is 9.80 Å². The molecule has 224 valence electrons. The van der Waals surface area contributed by atoms with Crippen LogP contribution < -0.4 is 0 Å². The van der Waals surface area contributed by atoms with E-state index in [9.17, 15) is 9.59 Å². The number of carbonyl (C=O) groups excluding carboxylic acids is 2. The van der Waals surface area contributed by atoms with Crippen LogP contribution in [0.2, 0.25) is 0 Å². The monoisotopic (exact) mass is 593 g/mol. The fourth-order valence-electron chi connectivity index (χ4n) is 5.68. The van der Waals surface area contributed by atoms with E-state index in [1.165, 1.54) is 18.0 Å². The minimum Gasteiger partial charge on any atom is -0.336 e. The van der Waals surface area contributed by atoms with Gasteiger partial charge in [0.2, 0.25) is 11.8 Å². The fraction of sp³-hybridized carbons (Fsp3) is 0.184. The average molecular weight is 594 g/mol. The lowest BCUT2D eigenvalue weighted by molar-refractivity contribution is -0.144. The summed E-state index contributed by atoms with van der Waals surface area (Å²) in [4.78, 5) is 44.9. The number of fused-ring (bicyclic) bond motifs is 1. The van der Waals surface area contributed by atoms with Gasteiger partial charge in [0.05, 0.1) is 5.69 Å². The summed E-state index contributed by atoms with van der Waals surface area (Å²) >= 11 is 0. The molecule has 0 spiro atoms. The fourth-order valence-corrected chi connectivity index (χ4v) is 5.68. The van der Waals surface area contributed by atoms with Crippen LogP contribution in [0.5, 0.6) is 0 Å². The third kappa shape index (κ3) is 7.39. The summed E-state index contributed by atoms with van der Waals surface area (Å²) in [7, 11) is 0. The van der Waals surface area contributed by atoms with E-state index in [0.29, 0.717) is 25.2 Å². The number of hydrogen-bond donors (Lipinski definition) is 0. The van der Waals surface area contributed by atoms with Crippen molar-refractivity contribution < 1.29 is 9.59 Å². The van der Waals surface area contributed by atoms with Gasteiger partial charge >= 0.3 is 0 Å². The summed E-state index contributed by atoms with van der Waals surface area (Å²) in [5, 5.41) is 0. The van der Waals surface area contributed by atoms with Crippen LogP contribution in [0, 0.1) is 6.92 Å². The average Bonchev–Trinajstić information content (AvgIpc) is 3.10. The van der Waals surface area contributed by atoms with E-state index in [4.69, 9.17) is 0 Å². The molecule has 45 heavy (non-hydrogen) atoms. The first-order chi connectivity index (χ1) is 22.0. The molecular formula is C38H35N5O2. The topological polar surface area (TPSA) is 79.3 Å². The Bertz CT molecular complexity index is 1770. The summed E-state index contributed by atoms with van der Waals surface area (Å²) < 4.78 is 0. The molecule has 1 aliphatic rings. The maximum Gasteiger partial charge on any atom is 0.247 e. The highest BCUT2D eigenvalue weighted by atomic mass is 16.2. The lowest BCUT2D eigenvalue weighted by Gasteiger charge is -2.37. The summed E-state index contributed by atoms with van der Waals surface area (Å²) in [5.74, 6) is -0.300. The number of amides is 2. The molecule has 5 aromatic rings. The Balaban J connectivity index is 1.34. The molecule has 1 aliphatic heterocycles. The number of carbonyl (C=O) groups is 2. The van der Waals surface area contributed by atoms with Crippen molar-refractivity contribution in [3.05, 3.63) is 156 Å². The molecule has 6 rings (SSSR count). The van der Waals surface area contributed by atoms with E-state index in [-0.39, 0.29) is 18.4 Å². The van der Waals surface area contributed by atoms with Crippen molar-refractivity contribution in [1.29, 1.82) is 0 Å². The Labute approximate surface area is 263 Å². The highest BCUT2D eigenvalue weighted by Crippen LogP contribution is 2.24. The second kappa shape index (κ2) is 13.9. The van der Waals surface area contributed by atoms with E-state index in [1.807, 2.05) is 90.7 Å². The van der Waals surface area contributed by atoms with E-state index < -0.39 is 6.04 Å². The van der Waals surface area contributed by atoms with Crippen LogP contribution in [0.3, 0.4) is 0 Å². The Morgan fingerprint density at radius 1 is 0.822 bits per heavy atom. The minimum absolute atomic E-state index is 0.0541. The third-order valence-corrected chi connectivity index (χ3v) is 8.19. The second-order valence-electron chi connectivity index (χ2n) is 11.4. The Morgan fingerprint density at radius 3 is 2.29 bits per heavy atom. The first-order valence-electron chi connectivity index (χ1n) is 15.2. The van der Waals surface area contributed by atoms with E-state index in [1.54, 1.807) is 29.6 Å². The molecular weight excluding hydrogens is 558 g/mol. The van der Waals surface area contributed by atoms with Crippen molar-refractivity contribution in [2.45, 2.75) is 38.9 Å². The molecule has 2 aromatic heterocycles. The van der Waals surface area contributed by atoms with Crippen LogP contribution in [0.25, 0.3) is 17.2 Å². The Kier molecular flexibility index (Phi) is 9.16. The van der Waals surface area contributed by atoms with Crippen molar-refractivity contribution in [1.82, 2.24) is 24.8 Å². The number of aromatic nitrogens is 3. The summed E-state index contributed by atoms with van der Waals surface area (Å²) in [5.41, 5.74) is 7.95. The second-order valence-corrected chi connectivity index (χ2v) is 11.4. The first kappa shape index (κ1) is 29.6. The number of pyridine rings is 1. The number of rotatable bonds is 9. The molecule has 0 fully saturated rings. The van der Waals surface area contributed by atoms with Crippen LogP contribution in [-0.2, 0) is 35.5 Å². The van der Waals surface area contributed by atoms with Crippen molar-refractivity contribution in [3.8, 4) is 11.1 Å². The normalized spacial score (nSPS) is 13.3. The Morgan fingerprint density at radius 2 is 1.56 bits per heavy atom. The van der Waals surface area contributed by atoms with Gasteiger partial charge in [-0.25, -0.2) is 9.97 Å². The van der Waals surface area contributed by atoms with Gasteiger partial charge in [0.15, 0.2) is 0 Å². The van der Waals surface area contributed by atoms with E-state index >= 15 is 0 Å². The molecule has 0 N–H and O–H groups in total. The Hall–Kier alpha value is -5.43. The molecule has 2 amide bonds. The van der Waals surface area contributed by atoms with Gasteiger partial charge in [0.1, 0.15) is 12.4 Å². The summed E-state index contributed by atoms with van der Waals surface area (Å²) in [6.45, 7) is 3.38. The van der Waals surface area contributed by atoms with Crippen molar-refractivity contribution in [2.75, 3.05) is 6.54 Å². The molecule has 0 unspecified atom stereocenters. The van der Waals surface area contributed by atoms with Crippen molar-refractivity contribution in [3.63, 3.8) is 0 Å². The van der Waals surface area contributed by atoms with Gasteiger partial charge in [0, 0.05) is 56.3 Å². The SMILES string of the molecule is Cc1ccc(C=CC(=O)N(Cc2ccc(-c3cncnc3)cc2)[C@@H](Cc2ccccc2)C(=O)N2CCc3ccccc3C2)nc1. The van der Waals surface area contributed by atoms with Gasteiger partial charge in [-0.3, -0.25) is 14.6 Å². The van der Waals surface area contributed by atoms with E-state index in [0.717, 1.165) is 39.8 Å². The molecule has 0 saturated carbocycles. The number of hydrogen-bond acceptors (Lipinski definition) is 5. The van der Waals surface area contributed by atoms with Gasteiger partial charge in [-0.1, -0.05) is 84.9 Å². The maximum absolute atomic E-state index is 14.5. The van der Waals surface area contributed by atoms with Crippen LogP contribution in [0.15, 0.2) is 122 Å². The zero-order chi connectivity index (χ0) is 31.0. The lowest BCUT2D eigenvalue weighted by atomic mass is 9.97. The number of nitrogens with zero attached hydrogens (tertiary/aromatic N) is 5. The smallest absolute Gasteiger partial charge is 0.247 e. The standard InChI is InChI=1S/C38H35N5O2/c1-28-11-16-35(41-22-28)17-18-37(44)43(25-30-12-14-32(15-13-30)34-23-39-27-40-24-34)36(21-29-7-3-2-4-8-29)38(45)42-20-19-31-9-5-6-10-33(31)26-42/h2-18,22-24,27,36H,19-21,25-26H2,1H3/t36-/m0/s1. The molecule has 3 heterocycles. The summed E-state index contributed by atoms with van der Waals surface area (Å²) in [6, 6.07) is 29.3. The number of aryl methyl sites for hydroxylation is 1. The van der Waals surface area contributed by atoms with Crippen LogP contribution in [-0.4, -0.2) is 49.2 Å². The summed E-state index contributed by atoms with van der Waals surface area (Å²) in [6.07, 6.45) is 11.3. The quantitative estimate of drug-likeness (QED) is 0.194. The highest BCUT2D eigenvalue weighted by Gasteiger charge is 2.34. The zero-order valence-corrected chi connectivity index (χ0v) is 25.3. The molecule has 7 heteroatoms. The number of benzene rings is 3. The third-order valence-electron chi connectivity index (χ3n) is 8.19. The molecule has 0 radical (unpaired) electrons. The molecule has 0 aliphatic carbocycles. The molecule has 0 bridgehead atoms. The largest absolute Gasteiger partial charge is 0.336 e. The zero-order valence-electron chi connectivity index (χ0n) is 25.3. The molecule has 7 nitrogen and oxygen atoms in total. The minimum atomic E-state index is -0.706. The maximum atomic E-state index is 14.5. The van der Waals surface area contributed by atoms with Crippen LogP contribution >= 0.6 is 0 Å². The van der Waals surface area contributed by atoms with Crippen LogP contribution in [0.1, 0.15) is 33.5 Å². The first-order valence-corrected chi connectivity index (χ1v) is 15.2. The van der Waals surface area contributed by atoms with Crippen molar-refractivity contribution >= 4 is 17.9 Å². The van der Waals surface area contributed by atoms with Crippen LogP contribution in [0.4, 0.5) is 0 Å². The van der Waals surface area contributed by atoms with Crippen molar-refractivity contribution in [2.24, 2.45) is 0 Å². The van der Waals surface area contributed by atoms with Gasteiger partial charge in [-0.15, -0.1) is 0 Å². The lowest BCUT2D eigenvalue weighted by Crippen LogP contribution is -2.52. The molecule has 1 atom stereocenters. The highest BCUT2D eigenvalue weighted by molar-refractivity contribution is 5.95.